The maximum absolute atomic E-state index is 11.0. The van der Waals surface area contributed by atoms with Gasteiger partial charge in [-0.15, -0.1) is 0 Å². The molecule has 0 aliphatic heterocycles. The van der Waals surface area contributed by atoms with E-state index in [0.717, 1.165) is 45.6 Å². The predicted octanol–water partition coefficient (Wildman–Crippen LogP) is 5.54. The average molecular weight is 456 g/mol. The first-order valence-corrected chi connectivity index (χ1v) is 10.5. The minimum absolute atomic E-state index is 0.117. The van der Waals surface area contributed by atoms with E-state index >= 15 is 0 Å². The molecular weight excluding hydrogens is 434 g/mol. The van der Waals surface area contributed by atoms with Crippen molar-refractivity contribution in [1.82, 2.24) is 4.98 Å². The van der Waals surface area contributed by atoms with Gasteiger partial charge in [-0.05, 0) is 73.2 Å². The van der Waals surface area contributed by atoms with Gasteiger partial charge in [-0.1, -0.05) is 22.0 Å². The second-order valence-electron chi connectivity index (χ2n) is 7.32. The lowest BCUT2D eigenvalue weighted by Crippen LogP contribution is -2.04. The fraction of sp³-hybridized carbons (Fsp3) is 0.304. The minimum atomic E-state index is -0.742. The smallest absolute Gasteiger partial charge is 0.303 e. The monoisotopic (exact) mass is 455 g/mol. The second-order valence-corrected chi connectivity index (χ2v) is 8.24. The van der Waals surface area contributed by atoms with Gasteiger partial charge >= 0.3 is 5.97 Å². The molecule has 0 saturated carbocycles. The Balaban J connectivity index is 1.37. The lowest BCUT2D eigenvalue weighted by Gasteiger charge is -2.10. The second kappa shape index (κ2) is 8.41. The molecule has 5 nitrogen and oxygen atoms in total. The Labute approximate surface area is 177 Å². The summed E-state index contributed by atoms with van der Waals surface area (Å²) in [7, 11) is 0. The maximum atomic E-state index is 11.0. The van der Waals surface area contributed by atoms with Crippen LogP contribution in [0.15, 0.2) is 51.4 Å². The molecule has 2 aromatic carbocycles. The van der Waals surface area contributed by atoms with Crippen molar-refractivity contribution in [2.75, 3.05) is 6.61 Å². The van der Waals surface area contributed by atoms with Crippen molar-refractivity contribution in [2.45, 2.75) is 38.5 Å². The Hall–Kier alpha value is -2.60. The summed E-state index contributed by atoms with van der Waals surface area (Å²) in [5.74, 6) is 1.61. The number of carboxylic acid groups (broad SMARTS) is 1. The first kappa shape index (κ1) is 19.7. The van der Waals surface area contributed by atoms with E-state index in [0.29, 0.717) is 18.9 Å². The summed E-state index contributed by atoms with van der Waals surface area (Å²) in [6.07, 6.45) is 2.65. The Kier molecular flexibility index (Phi) is 5.72. The number of aromatic nitrogens is 1. The van der Waals surface area contributed by atoms with Gasteiger partial charge in [0.25, 0.3) is 0 Å². The van der Waals surface area contributed by atoms with Gasteiger partial charge in [-0.2, -0.15) is 0 Å². The third-order valence-corrected chi connectivity index (χ3v) is 5.86. The number of ether oxygens (including phenoxy) is 1. The van der Waals surface area contributed by atoms with Crippen LogP contribution in [0.5, 0.6) is 5.75 Å². The molecule has 6 heteroatoms. The fourth-order valence-corrected chi connectivity index (χ4v) is 4.10. The van der Waals surface area contributed by atoms with Crippen LogP contribution in [0, 0.1) is 6.92 Å². The van der Waals surface area contributed by atoms with Crippen molar-refractivity contribution >= 4 is 21.9 Å². The van der Waals surface area contributed by atoms with Crippen LogP contribution in [0.4, 0.5) is 0 Å². The van der Waals surface area contributed by atoms with Gasteiger partial charge < -0.3 is 14.3 Å². The number of carbonyl (C=O) groups is 1. The summed E-state index contributed by atoms with van der Waals surface area (Å²) >= 11 is 3.43. The van der Waals surface area contributed by atoms with Gasteiger partial charge in [0.05, 0.1) is 18.7 Å². The molecule has 1 heterocycles. The van der Waals surface area contributed by atoms with Gasteiger partial charge in [-0.25, -0.2) is 4.98 Å². The molecule has 3 aromatic rings. The molecule has 1 aliphatic rings. The van der Waals surface area contributed by atoms with E-state index in [1.807, 2.05) is 49.4 Å². The molecule has 0 unspecified atom stereocenters. The molecule has 150 valence electrons. The number of hydrogen-bond acceptors (Lipinski definition) is 4. The number of fused-ring (bicyclic) bond motifs is 1. The fourth-order valence-electron chi connectivity index (χ4n) is 3.84. The summed E-state index contributed by atoms with van der Waals surface area (Å²) in [5, 5.41) is 9.05. The number of rotatable bonds is 7. The molecule has 0 fully saturated rings. The van der Waals surface area contributed by atoms with Crippen molar-refractivity contribution in [2.24, 2.45) is 0 Å². The van der Waals surface area contributed by atoms with Crippen LogP contribution >= 0.6 is 15.9 Å². The van der Waals surface area contributed by atoms with Crippen LogP contribution in [0.3, 0.4) is 0 Å². The molecule has 29 heavy (non-hydrogen) atoms. The molecule has 0 bridgehead atoms. The SMILES string of the molecule is Cc1oc(-c2ccc(Br)cc2)nc1CCOc1ccc2c(c1)CC[C@H]2CC(=O)O. The molecule has 0 radical (unpaired) electrons. The maximum Gasteiger partial charge on any atom is 0.303 e. The Morgan fingerprint density at radius 2 is 2.07 bits per heavy atom. The number of oxazole rings is 1. The lowest BCUT2D eigenvalue weighted by molar-refractivity contribution is -0.137. The van der Waals surface area contributed by atoms with E-state index in [1.165, 1.54) is 5.56 Å². The number of carboxylic acids is 1. The van der Waals surface area contributed by atoms with E-state index in [4.69, 9.17) is 14.3 Å². The number of aliphatic carboxylic acids is 1. The first-order valence-electron chi connectivity index (χ1n) is 9.69. The number of nitrogens with zero attached hydrogens (tertiary/aromatic N) is 1. The first-order chi connectivity index (χ1) is 14.0. The van der Waals surface area contributed by atoms with Crippen molar-refractivity contribution < 1.29 is 19.1 Å². The quantitative estimate of drug-likeness (QED) is 0.506. The van der Waals surface area contributed by atoms with E-state index in [1.54, 1.807) is 0 Å². The number of aryl methyl sites for hydroxylation is 2. The summed E-state index contributed by atoms with van der Waals surface area (Å²) in [6, 6.07) is 13.9. The molecule has 1 aliphatic carbocycles. The van der Waals surface area contributed by atoms with Gasteiger partial charge in [0.15, 0.2) is 0 Å². The molecule has 1 aromatic heterocycles. The van der Waals surface area contributed by atoms with Crippen LogP contribution < -0.4 is 4.74 Å². The largest absolute Gasteiger partial charge is 0.493 e. The summed E-state index contributed by atoms with van der Waals surface area (Å²) < 4.78 is 12.8. The van der Waals surface area contributed by atoms with E-state index in [9.17, 15) is 4.79 Å². The Bertz CT molecular complexity index is 1030. The number of hydrogen-bond donors (Lipinski definition) is 1. The molecule has 0 amide bonds. The van der Waals surface area contributed by atoms with Crippen LogP contribution in [0.25, 0.3) is 11.5 Å². The molecule has 1 atom stereocenters. The van der Waals surface area contributed by atoms with Crippen LogP contribution in [-0.4, -0.2) is 22.7 Å². The van der Waals surface area contributed by atoms with Crippen molar-refractivity contribution in [1.29, 1.82) is 0 Å². The molecule has 1 N–H and O–H groups in total. The van der Waals surface area contributed by atoms with Crippen LogP contribution in [0.2, 0.25) is 0 Å². The highest BCUT2D eigenvalue weighted by atomic mass is 79.9. The number of halogens is 1. The highest BCUT2D eigenvalue weighted by Gasteiger charge is 2.24. The molecular formula is C23H22BrNO4. The number of benzene rings is 2. The van der Waals surface area contributed by atoms with Crippen molar-refractivity contribution in [3.63, 3.8) is 0 Å². The zero-order chi connectivity index (χ0) is 20.4. The minimum Gasteiger partial charge on any atom is -0.493 e. The highest BCUT2D eigenvalue weighted by molar-refractivity contribution is 9.10. The molecule has 4 rings (SSSR count). The van der Waals surface area contributed by atoms with Gasteiger partial charge in [0.1, 0.15) is 11.5 Å². The van der Waals surface area contributed by atoms with E-state index < -0.39 is 5.97 Å². The predicted molar refractivity (Wildman–Crippen MR) is 113 cm³/mol. The van der Waals surface area contributed by atoms with Crippen molar-refractivity contribution in [3.8, 4) is 17.2 Å². The van der Waals surface area contributed by atoms with Gasteiger partial charge in [0.2, 0.25) is 5.89 Å². The topological polar surface area (TPSA) is 72.6 Å². The summed E-state index contributed by atoms with van der Waals surface area (Å²) in [4.78, 5) is 15.6. The normalized spacial score (nSPS) is 15.3. The van der Waals surface area contributed by atoms with Gasteiger partial charge in [0, 0.05) is 16.5 Å². The van der Waals surface area contributed by atoms with Crippen molar-refractivity contribution in [3.05, 3.63) is 69.5 Å². The molecule has 0 spiro atoms. The van der Waals surface area contributed by atoms with E-state index in [2.05, 4.69) is 20.9 Å². The van der Waals surface area contributed by atoms with Gasteiger partial charge in [-0.3, -0.25) is 4.79 Å². The summed E-state index contributed by atoms with van der Waals surface area (Å²) in [5.41, 5.74) is 4.18. The standard InChI is InChI=1S/C23H22BrNO4/c1-14-21(25-23(29-14)15-4-6-18(24)7-5-15)10-11-28-19-8-9-20-16(12-19)2-3-17(20)13-22(26)27/h4-9,12,17H,2-3,10-11,13H2,1H3,(H,26,27)/t17-/m0/s1. The third kappa shape index (κ3) is 4.53. The van der Waals surface area contributed by atoms with Crippen LogP contribution in [-0.2, 0) is 17.6 Å². The Morgan fingerprint density at radius 3 is 2.83 bits per heavy atom. The average Bonchev–Trinajstić information content (AvgIpc) is 3.25. The third-order valence-electron chi connectivity index (χ3n) is 5.33. The molecule has 0 saturated heterocycles. The van der Waals surface area contributed by atoms with Crippen LogP contribution in [0.1, 0.15) is 41.3 Å². The Morgan fingerprint density at radius 1 is 1.28 bits per heavy atom. The zero-order valence-electron chi connectivity index (χ0n) is 16.2. The highest BCUT2D eigenvalue weighted by Crippen LogP contribution is 2.37. The van der Waals surface area contributed by atoms with E-state index in [-0.39, 0.29) is 12.3 Å². The lowest BCUT2D eigenvalue weighted by atomic mass is 9.98. The zero-order valence-corrected chi connectivity index (χ0v) is 17.7. The summed E-state index contributed by atoms with van der Waals surface area (Å²) in [6.45, 7) is 2.42.